The van der Waals surface area contributed by atoms with Gasteiger partial charge in [-0.3, -0.25) is 4.79 Å². The molecule has 1 unspecified atom stereocenters. The molecule has 32 heavy (non-hydrogen) atoms. The second kappa shape index (κ2) is 9.53. The number of benzene rings is 2. The molecule has 1 amide bonds. The molecule has 0 saturated carbocycles. The van der Waals surface area contributed by atoms with Gasteiger partial charge in [0.2, 0.25) is 5.16 Å². The zero-order valence-electron chi connectivity index (χ0n) is 18.8. The summed E-state index contributed by atoms with van der Waals surface area (Å²) in [4.78, 5) is 22.0. The maximum absolute atomic E-state index is 13.0. The van der Waals surface area contributed by atoms with Gasteiger partial charge in [-0.25, -0.2) is 9.50 Å². The number of hydrogen-bond acceptors (Lipinski definition) is 5. The van der Waals surface area contributed by atoms with E-state index in [9.17, 15) is 4.79 Å². The second-order valence-electron chi connectivity index (χ2n) is 7.88. The van der Waals surface area contributed by atoms with Crippen molar-refractivity contribution >= 4 is 23.4 Å². The van der Waals surface area contributed by atoms with Crippen molar-refractivity contribution in [3.05, 3.63) is 88.2 Å². The van der Waals surface area contributed by atoms with Gasteiger partial charge in [0.1, 0.15) is 0 Å². The Kier molecular flexibility index (Phi) is 6.55. The van der Waals surface area contributed by atoms with Crippen molar-refractivity contribution in [2.75, 3.05) is 0 Å². The van der Waals surface area contributed by atoms with Crippen LogP contribution in [0.25, 0.3) is 5.78 Å². The lowest BCUT2D eigenvalue weighted by molar-refractivity contribution is 0.0939. The topological polar surface area (TPSA) is 72.2 Å². The normalized spacial score (nSPS) is 12.1. The van der Waals surface area contributed by atoms with E-state index in [4.69, 9.17) is 0 Å². The Morgan fingerprint density at radius 3 is 2.59 bits per heavy atom. The van der Waals surface area contributed by atoms with Crippen LogP contribution in [-0.2, 0) is 12.2 Å². The molecule has 0 spiro atoms. The quantitative estimate of drug-likeness (QED) is 0.401. The first kappa shape index (κ1) is 22.0. The lowest BCUT2D eigenvalue weighted by atomic mass is 10.0. The van der Waals surface area contributed by atoms with E-state index in [1.807, 2.05) is 51.1 Å². The fraction of sp³-hybridized carbons (Fsp3) is 0.280. The fourth-order valence-corrected chi connectivity index (χ4v) is 4.44. The van der Waals surface area contributed by atoms with Crippen molar-refractivity contribution in [3.8, 4) is 0 Å². The van der Waals surface area contributed by atoms with Crippen molar-refractivity contribution in [1.29, 1.82) is 0 Å². The van der Waals surface area contributed by atoms with Gasteiger partial charge >= 0.3 is 0 Å². The Morgan fingerprint density at radius 1 is 1.09 bits per heavy atom. The second-order valence-corrected chi connectivity index (χ2v) is 8.82. The van der Waals surface area contributed by atoms with Crippen LogP contribution in [0, 0.1) is 13.8 Å². The number of thioether (sulfide) groups is 1. The van der Waals surface area contributed by atoms with Crippen LogP contribution in [0.5, 0.6) is 0 Å². The SMILES string of the molecule is CCc1ccc(C(C)NC(=O)c2ccccc2CSc2nc3nc(C)cc(C)n3n2)cc1. The number of fused-ring (bicyclic) bond motifs is 1. The van der Waals surface area contributed by atoms with Crippen LogP contribution in [0.15, 0.2) is 59.8 Å². The minimum Gasteiger partial charge on any atom is -0.346 e. The van der Waals surface area contributed by atoms with Crippen LogP contribution < -0.4 is 5.32 Å². The first-order valence-corrected chi connectivity index (χ1v) is 11.7. The molecule has 0 aliphatic carbocycles. The average Bonchev–Trinajstić information content (AvgIpc) is 3.21. The zero-order valence-corrected chi connectivity index (χ0v) is 19.6. The molecule has 2 aromatic carbocycles. The number of aromatic nitrogens is 4. The molecule has 6 nitrogen and oxygen atoms in total. The highest BCUT2D eigenvalue weighted by molar-refractivity contribution is 7.98. The van der Waals surface area contributed by atoms with E-state index >= 15 is 0 Å². The van der Waals surface area contributed by atoms with Crippen LogP contribution in [0.2, 0.25) is 0 Å². The van der Waals surface area contributed by atoms with Gasteiger partial charge in [-0.05, 0) is 56.0 Å². The van der Waals surface area contributed by atoms with Crippen LogP contribution in [0.3, 0.4) is 0 Å². The lowest BCUT2D eigenvalue weighted by Crippen LogP contribution is -2.27. The van der Waals surface area contributed by atoms with Crippen LogP contribution >= 0.6 is 11.8 Å². The Hall–Kier alpha value is -3.19. The summed E-state index contributed by atoms with van der Waals surface area (Å²) in [6, 6.07) is 18.0. The number of hydrogen-bond donors (Lipinski definition) is 1. The molecule has 1 N–H and O–H groups in total. The molecule has 2 aromatic heterocycles. The summed E-state index contributed by atoms with van der Waals surface area (Å²) in [6.45, 7) is 8.08. The summed E-state index contributed by atoms with van der Waals surface area (Å²) in [7, 11) is 0. The van der Waals surface area contributed by atoms with Gasteiger partial charge < -0.3 is 5.32 Å². The number of nitrogens with one attached hydrogen (secondary N) is 1. The maximum Gasteiger partial charge on any atom is 0.253 e. The molecule has 0 bridgehead atoms. The van der Waals surface area contributed by atoms with E-state index < -0.39 is 0 Å². The molecule has 0 radical (unpaired) electrons. The molecule has 4 rings (SSSR count). The predicted molar refractivity (Wildman–Crippen MR) is 128 cm³/mol. The molecule has 0 aliphatic heterocycles. The van der Waals surface area contributed by atoms with Gasteiger partial charge in [-0.2, -0.15) is 4.98 Å². The first-order valence-electron chi connectivity index (χ1n) is 10.8. The summed E-state index contributed by atoms with van der Waals surface area (Å²) < 4.78 is 1.75. The summed E-state index contributed by atoms with van der Waals surface area (Å²) in [6.07, 6.45) is 1.00. The Balaban J connectivity index is 1.47. The van der Waals surface area contributed by atoms with Gasteiger partial charge in [0.25, 0.3) is 11.7 Å². The monoisotopic (exact) mass is 445 g/mol. The highest BCUT2D eigenvalue weighted by Gasteiger charge is 2.16. The Bertz CT molecular complexity index is 1250. The summed E-state index contributed by atoms with van der Waals surface area (Å²) in [5.74, 6) is 1.11. The molecule has 164 valence electrons. The molecule has 0 saturated heterocycles. The minimum absolute atomic E-state index is 0.0773. The van der Waals surface area contributed by atoms with Crippen LogP contribution in [0.1, 0.15) is 58.3 Å². The lowest BCUT2D eigenvalue weighted by Gasteiger charge is -2.16. The van der Waals surface area contributed by atoms with E-state index in [2.05, 4.69) is 51.6 Å². The number of nitrogens with zero attached hydrogens (tertiary/aromatic N) is 4. The van der Waals surface area contributed by atoms with Crippen LogP contribution in [-0.4, -0.2) is 25.5 Å². The van der Waals surface area contributed by atoms with Crippen molar-refractivity contribution in [3.63, 3.8) is 0 Å². The number of carbonyl (C=O) groups excluding carboxylic acids is 1. The highest BCUT2D eigenvalue weighted by atomic mass is 32.2. The van der Waals surface area contributed by atoms with E-state index in [-0.39, 0.29) is 11.9 Å². The largest absolute Gasteiger partial charge is 0.346 e. The van der Waals surface area contributed by atoms with Gasteiger partial charge in [0, 0.05) is 22.7 Å². The third-order valence-electron chi connectivity index (χ3n) is 5.45. The smallest absolute Gasteiger partial charge is 0.253 e. The fourth-order valence-electron chi connectivity index (χ4n) is 3.62. The zero-order chi connectivity index (χ0) is 22.7. The van der Waals surface area contributed by atoms with Crippen molar-refractivity contribution in [2.45, 2.75) is 51.1 Å². The summed E-state index contributed by atoms with van der Waals surface area (Å²) in [5, 5.41) is 8.32. The first-order chi connectivity index (χ1) is 15.4. The Labute approximate surface area is 192 Å². The third-order valence-corrected chi connectivity index (χ3v) is 6.34. The predicted octanol–water partition coefficient (Wildman–Crippen LogP) is 5.09. The molecule has 0 aliphatic rings. The number of amides is 1. The van der Waals surface area contributed by atoms with Crippen molar-refractivity contribution in [2.24, 2.45) is 0 Å². The van der Waals surface area contributed by atoms with E-state index in [1.165, 1.54) is 17.3 Å². The number of carbonyl (C=O) groups is 1. The summed E-state index contributed by atoms with van der Waals surface area (Å²) >= 11 is 1.50. The molecular weight excluding hydrogens is 418 g/mol. The van der Waals surface area contributed by atoms with Crippen LogP contribution in [0.4, 0.5) is 0 Å². The van der Waals surface area contributed by atoms with Crippen molar-refractivity contribution in [1.82, 2.24) is 24.9 Å². The van der Waals surface area contributed by atoms with E-state index in [0.29, 0.717) is 22.3 Å². The Morgan fingerprint density at radius 2 is 1.84 bits per heavy atom. The standard InChI is InChI=1S/C25H27N5OS/c1-5-19-10-12-20(13-11-19)18(4)27-23(31)22-9-7-6-8-21(22)15-32-25-28-24-26-16(2)14-17(3)30(24)29-25/h6-14,18H,5,15H2,1-4H3,(H,27,31). The van der Waals surface area contributed by atoms with E-state index in [1.54, 1.807) is 4.52 Å². The molecule has 0 fully saturated rings. The number of aryl methyl sites for hydroxylation is 3. The van der Waals surface area contributed by atoms with Gasteiger partial charge in [0.15, 0.2) is 0 Å². The van der Waals surface area contributed by atoms with Gasteiger partial charge in [-0.15, -0.1) is 5.10 Å². The van der Waals surface area contributed by atoms with Gasteiger partial charge in [0.05, 0.1) is 6.04 Å². The molecular formula is C25H27N5OS. The molecule has 7 heteroatoms. The van der Waals surface area contributed by atoms with Crippen molar-refractivity contribution < 1.29 is 4.79 Å². The molecule has 4 aromatic rings. The highest BCUT2D eigenvalue weighted by Crippen LogP contribution is 2.23. The number of rotatable bonds is 7. The average molecular weight is 446 g/mol. The maximum atomic E-state index is 13.0. The molecule has 2 heterocycles. The third kappa shape index (κ3) is 4.83. The summed E-state index contributed by atoms with van der Waals surface area (Å²) in [5.41, 5.74) is 5.91. The van der Waals surface area contributed by atoms with Gasteiger partial charge in [-0.1, -0.05) is 61.2 Å². The van der Waals surface area contributed by atoms with E-state index in [0.717, 1.165) is 28.9 Å². The molecule has 1 atom stereocenters. The minimum atomic E-state index is -0.0793.